The number of pyridine rings is 1. The van der Waals surface area contributed by atoms with Crippen LogP contribution in [0.4, 0.5) is 5.95 Å². The zero-order valence-electron chi connectivity index (χ0n) is 10.9. The van der Waals surface area contributed by atoms with Crippen molar-refractivity contribution in [2.24, 2.45) is 5.92 Å². The second-order valence-electron chi connectivity index (χ2n) is 5.01. The molecule has 1 saturated heterocycles. The highest BCUT2D eigenvalue weighted by molar-refractivity contribution is 5.46. The van der Waals surface area contributed by atoms with Crippen LogP contribution in [0.1, 0.15) is 12.1 Å². The predicted octanol–water partition coefficient (Wildman–Crippen LogP) is 1.08. The molecule has 2 aromatic rings. The molecule has 1 aliphatic rings. The summed E-state index contributed by atoms with van der Waals surface area (Å²) in [4.78, 5) is 6.89. The number of fused-ring (bicyclic) bond motifs is 1. The molecule has 1 unspecified atom stereocenters. The van der Waals surface area contributed by atoms with Gasteiger partial charge >= 0.3 is 0 Å². The third-order valence-electron chi connectivity index (χ3n) is 3.60. The van der Waals surface area contributed by atoms with Gasteiger partial charge in [-0.15, -0.1) is 5.10 Å². The van der Waals surface area contributed by atoms with Crippen LogP contribution in [0.15, 0.2) is 18.2 Å². The average molecular weight is 245 g/mol. The van der Waals surface area contributed by atoms with Crippen molar-refractivity contribution in [3.05, 3.63) is 23.9 Å². The minimum Gasteiger partial charge on any atom is -0.339 e. The van der Waals surface area contributed by atoms with Gasteiger partial charge < -0.3 is 10.2 Å². The lowest BCUT2D eigenvalue weighted by molar-refractivity contribution is 0.548. The van der Waals surface area contributed by atoms with Gasteiger partial charge in [0.2, 0.25) is 5.95 Å². The SMILES string of the molecule is CNCC1CCN(c2nc3cccc(C)n3n2)C1. The summed E-state index contributed by atoms with van der Waals surface area (Å²) in [7, 11) is 2.01. The largest absolute Gasteiger partial charge is 0.339 e. The van der Waals surface area contributed by atoms with Crippen LogP contribution in [0.5, 0.6) is 0 Å². The monoisotopic (exact) mass is 245 g/mol. The number of rotatable bonds is 3. The summed E-state index contributed by atoms with van der Waals surface area (Å²) in [6, 6.07) is 6.08. The Morgan fingerprint density at radius 2 is 2.33 bits per heavy atom. The second-order valence-corrected chi connectivity index (χ2v) is 5.01. The average Bonchev–Trinajstić information content (AvgIpc) is 2.96. The summed E-state index contributed by atoms with van der Waals surface area (Å²) in [5, 5.41) is 7.84. The van der Waals surface area contributed by atoms with Gasteiger partial charge in [0.15, 0.2) is 5.65 Å². The van der Waals surface area contributed by atoms with Crippen LogP contribution in [0, 0.1) is 12.8 Å². The molecule has 1 atom stereocenters. The Morgan fingerprint density at radius 1 is 1.44 bits per heavy atom. The highest BCUT2D eigenvalue weighted by Crippen LogP contribution is 2.21. The quantitative estimate of drug-likeness (QED) is 0.879. The minimum atomic E-state index is 0.711. The molecule has 0 spiro atoms. The normalized spacial score (nSPS) is 19.9. The fourth-order valence-electron chi connectivity index (χ4n) is 2.63. The molecule has 0 amide bonds. The molecule has 1 N–H and O–H groups in total. The Hall–Kier alpha value is -1.62. The predicted molar refractivity (Wildman–Crippen MR) is 72.0 cm³/mol. The number of aryl methyl sites for hydroxylation is 1. The van der Waals surface area contributed by atoms with E-state index in [1.807, 2.05) is 23.7 Å². The van der Waals surface area contributed by atoms with Crippen molar-refractivity contribution in [1.29, 1.82) is 0 Å². The summed E-state index contributed by atoms with van der Waals surface area (Å²) >= 11 is 0. The molecular weight excluding hydrogens is 226 g/mol. The zero-order chi connectivity index (χ0) is 12.5. The Balaban J connectivity index is 1.85. The number of anilines is 1. The van der Waals surface area contributed by atoms with E-state index in [4.69, 9.17) is 0 Å². The van der Waals surface area contributed by atoms with Crippen molar-refractivity contribution >= 4 is 11.6 Å². The number of hydrogen-bond donors (Lipinski definition) is 1. The lowest BCUT2D eigenvalue weighted by Gasteiger charge is -2.13. The first-order chi connectivity index (χ1) is 8.78. The summed E-state index contributed by atoms with van der Waals surface area (Å²) in [6.07, 6.45) is 1.22. The molecule has 0 bridgehead atoms. The van der Waals surface area contributed by atoms with Crippen LogP contribution in [-0.4, -0.2) is 41.3 Å². The van der Waals surface area contributed by atoms with Crippen LogP contribution < -0.4 is 10.2 Å². The Kier molecular flexibility index (Phi) is 2.91. The Bertz CT molecular complexity index is 547. The van der Waals surface area contributed by atoms with Gasteiger partial charge in [-0.05, 0) is 45.0 Å². The fraction of sp³-hybridized carbons (Fsp3) is 0.538. The van der Waals surface area contributed by atoms with Crippen LogP contribution in [0.25, 0.3) is 5.65 Å². The van der Waals surface area contributed by atoms with Crippen molar-refractivity contribution in [2.45, 2.75) is 13.3 Å². The van der Waals surface area contributed by atoms with E-state index in [2.05, 4.69) is 33.3 Å². The van der Waals surface area contributed by atoms with Crippen LogP contribution in [0.2, 0.25) is 0 Å². The first-order valence-electron chi connectivity index (χ1n) is 6.50. The molecule has 0 aromatic carbocycles. The zero-order valence-corrected chi connectivity index (χ0v) is 10.9. The van der Waals surface area contributed by atoms with Gasteiger partial charge in [0.05, 0.1) is 0 Å². The van der Waals surface area contributed by atoms with Gasteiger partial charge in [-0.2, -0.15) is 4.98 Å². The third-order valence-corrected chi connectivity index (χ3v) is 3.60. The van der Waals surface area contributed by atoms with Crippen LogP contribution >= 0.6 is 0 Å². The van der Waals surface area contributed by atoms with Crippen molar-refractivity contribution in [2.75, 3.05) is 31.6 Å². The fourth-order valence-corrected chi connectivity index (χ4v) is 2.63. The topological polar surface area (TPSA) is 45.5 Å². The number of nitrogens with one attached hydrogen (secondary N) is 1. The first kappa shape index (κ1) is 11.5. The van der Waals surface area contributed by atoms with Crippen LogP contribution in [-0.2, 0) is 0 Å². The highest BCUT2D eigenvalue weighted by atomic mass is 15.4. The number of nitrogens with zero attached hydrogens (tertiary/aromatic N) is 4. The van der Waals surface area contributed by atoms with Gasteiger partial charge in [-0.1, -0.05) is 6.07 Å². The van der Waals surface area contributed by atoms with E-state index in [1.165, 1.54) is 6.42 Å². The maximum atomic E-state index is 4.61. The van der Waals surface area contributed by atoms with E-state index in [0.717, 1.165) is 36.9 Å². The molecule has 3 heterocycles. The van der Waals surface area contributed by atoms with Gasteiger partial charge in [0, 0.05) is 18.8 Å². The van der Waals surface area contributed by atoms with Gasteiger partial charge in [-0.3, -0.25) is 0 Å². The molecular formula is C13H19N5. The summed E-state index contributed by atoms with van der Waals surface area (Å²) < 4.78 is 1.92. The Morgan fingerprint density at radius 3 is 3.11 bits per heavy atom. The van der Waals surface area contributed by atoms with Crippen LogP contribution in [0.3, 0.4) is 0 Å². The molecule has 2 aromatic heterocycles. The van der Waals surface area contributed by atoms with Gasteiger partial charge in [0.1, 0.15) is 0 Å². The summed E-state index contributed by atoms with van der Waals surface area (Å²) in [5.41, 5.74) is 2.05. The smallest absolute Gasteiger partial charge is 0.245 e. The summed E-state index contributed by atoms with van der Waals surface area (Å²) in [5.74, 6) is 1.57. The molecule has 18 heavy (non-hydrogen) atoms. The highest BCUT2D eigenvalue weighted by Gasteiger charge is 2.24. The minimum absolute atomic E-state index is 0.711. The lowest BCUT2D eigenvalue weighted by atomic mass is 10.1. The lowest BCUT2D eigenvalue weighted by Crippen LogP contribution is -2.25. The maximum Gasteiger partial charge on any atom is 0.245 e. The van der Waals surface area contributed by atoms with E-state index >= 15 is 0 Å². The first-order valence-corrected chi connectivity index (χ1v) is 6.50. The van der Waals surface area contributed by atoms with E-state index in [-0.39, 0.29) is 0 Å². The second kappa shape index (κ2) is 4.57. The van der Waals surface area contributed by atoms with E-state index in [1.54, 1.807) is 0 Å². The molecule has 0 aliphatic carbocycles. The third kappa shape index (κ3) is 1.95. The van der Waals surface area contributed by atoms with Gasteiger partial charge in [-0.25, -0.2) is 4.52 Å². The van der Waals surface area contributed by atoms with Crippen molar-refractivity contribution in [1.82, 2.24) is 19.9 Å². The molecule has 96 valence electrons. The molecule has 1 aliphatic heterocycles. The molecule has 5 nitrogen and oxygen atoms in total. The molecule has 3 rings (SSSR count). The van der Waals surface area contributed by atoms with Crippen molar-refractivity contribution < 1.29 is 0 Å². The standard InChI is InChI=1S/C13H19N5/c1-10-4-3-5-12-15-13(16-18(10)12)17-7-6-11(9-17)8-14-2/h3-5,11,14H,6-9H2,1-2H3. The summed E-state index contributed by atoms with van der Waals surface area (Å²) in [6.45, 7) is 5.24. The number of hydrogen-bond acceptors (Lipinski definition) is 4. The van der Waals surface area contributed by atoms with E-state index < -0.39 is 0 Å². The molecule has 5 heteroatoms. The van der Waals surface area contributed by atoms with Crippen molar-refractivity contribution in [3.63, 3.8) is 0 Å². The molecule has 0 saturated carbocycles. The van der Waals surface area contributed by atoms with E-state index in [0.29, 0.717) is 5.92 Å². The van der Waals surface area contributed by atoms with E-state index in [9.17, 15) is 0 Å². The molecule has 0 radical (unpaired) electrons. The number of aromatic nitrogens is 3. The Labute approximate surface area is 107 Å². The van der Waals surface area contributed by atoms with Gasteiger partial charge in [0.25, 0.3) is 0 Å². The molecule has 1 fully saturated rings. The van der Waals surface area contributed by atoms with Crippen molar-refractivity contribution in [3.8, 4) is 0 Å². The maximum absolute atomic E-state index is 4.61.